The quantitative estimate of drug-likeness (QED) is 0.438. The number of anilines is 1. The molecule has 0 bridgehead atoms. The third kappa shape index (κ3) is 3.66. The van der Waals surface area contributed by atoms with E-state index in [1.807, 2.05) is 30.3 Å². The minimum atomic E-state index is -0.00572. The summed E-state index contributed by atoms with van der Waals surface area (Å²) in [6, 6.07) is 14.2. The topological polar surface area (TPSA) is 27.0 Å². The number of fused-ring (bicyclic) bond motifs is 1. The van der Waals surface area contributed by atoms with E-state index in [9.17, 15) is 5.26 Å². The summed E-state index contributed by atoms with van der Waals surface area (Å²) in [5, 5.41) is 10.3. The number of benzene rings is 2. The summed E-state index contributed by atoms with van der Waals surface area (Å²) in [4.78, 5) is 2.43. The van der Waals surface area contributed by atoms with Crippen molar-refractivity contribution >= 4 is 34.5 Å². The first kappa shape index (κ1) is 19.3. The zero-order valence-electron chi connectivity index (χ0n) is 16.6. The van der Waals surface area contributed by atoms with Crippen LogP contribution in [0, 0.1) is 18.3 Å². The lowest BCUT2D eigenvalue weighted by Gasteiger charge is -2.43. The number of nitriles is 1. The number of rotatable bonds is 3. The van der Waals surface area contributed by atoms with E-state index in [1.165, 1.54) is 16.8 Å². The van der Waals surface area contributed by atoms with Crippen LogP contribution in [0.4, 0.5) is 5.69 Å². The molecule has 0 atom stereocenters. The Labute approximate surface area is 167 Å². The highest BCUT2D eigenvalue weighted by Gasteiger charge is 2.30. The molecule has 0 unspecified atom stereocenters. The van der Waals surface area contributed by atoms with Gasteiger partial charge in [-0.25, -0.2) is 0 Å². The van der Waals surface area contributed by atoms with E-state index in [-0.39, 0.29) is 5.54 Å². The molecular formula is C24H25ClN2. The molecule has 0 saturated carbocycles. The lowest BCUT2D eigenvalue weighted by molar-refractivity contribution is 0.566. The molecule has 0 spiro atoms. The van der Waals surface area contributed by atoms with Crippen molar-refractivity contribution in [1.82, 2.24) is 0 Å². The van der Waals surface area contributed by atoms with Crippen molar-refractivity contribution < 1.29 is 0 Å². The van der Waals surface area contributed by atoms with E-state index < -0.39 is 0 Å². The Hall–Kier alpha value is -2.50. The van der Waals surface area contributed by atoms with Crippen LogP contribution in [0.2, 0.25) is 5.02 Å². The number of likely N-dealkylation sites (N-methyl/N-ethyl adjacent to an activating group) is 1. The highest BCUT2D eigenvalue weighted by atomic mass is 35.5. The average molecular weight is 377 g/mol. The molecule has 2 aromatic carbocycles. The highest BCUT2D eigenvalue weighted by molar-refractivity contribution is 6.30. The van der Waals surface area contributed by atoms with Gasteiger partial charge in [0.1, 0.15) is 0 Å². The summed E-state index contributed by atoms with van der Waals surface area (Å²) in [5.74, 6) is 0. The standard InChI is InChI=1S/C24H25ClN2/c1-6-27-23-10-16(2)19(13-22(23)17(3)14-24(27,4)5)11-20(15-26)18-8-7-9-21(25)12-18/h7-14H,6H2,1-5H3/b20-11+. The monoisotopic (exact) mass is 376 g/mol. The fourth-order valence-electron chi connectivity index (χ4n) is 3.97. The van der Waals surface area contributed by atoms with Crippen molar-refractivity contribution in [2.24, 2.45) is 0 Å². The Balaban J connectivity index is 2.14. The molecule has 0 saturated heterocycles. The molecule has 0 N–H and O–H groups in total. The van der Waals surface area contributed by atoms with Gasteiger partial charge in [0.05, 0.1) is 17.2 Å². The second-order valence-corrected chi connectivity index (χ2v) is 8.07. The molecule has 0 amide bonds. The van der Waals surface area contributed by atoms with Crippen LogP contribution in [-0.2, 0) is 0 Å². The van der Waals surface area contributed by atoms with Crippen molar-refractivity contribution in [3.8, 4) is 6.07 Å². The molecule has 0 aromatic heterocycles. The maximum Gasteiger partial charge on any atom is 0.0998 e. The maximum absolute atomic E-state index is 9.68. The third-order valence-corrected chi connectivity index (χ3v) is 5.47. The predicted molar refractivity (Wildman–Crippen MR) is 117 cm³/mol. The molecule has 1 heterocycles. The summed E-state index contributed by atoms with van der Waals surface area (Å²) in [6.07, 6.45) is 4.29. The smallest absolute Gasteiger partial charge is 0.0998 e. The van der Waals surface area contributed by atoms with Gasteiger partial charge in [-0.15, -0.1) is 0 Å². The van der Waals surface area contributed by atoms with Crippen LogP contribution in [0.3, 0.4) is 0 Å². The number of hydrogen-bond donors (Lipinski definition) is 0. The molecule has 0 fully saturated rings. The van der Waals surface area contributed by atoms with E-state index in [4.69, 9.17) is 11.6 Å². The summed E-state index contributed by atoms with van der Waals surface area (Å²) in [7, 11) is 0. The molecule has 2 aromatic rings. The van der Waals surface area contributed by atoms with Crippen molar-refractivity contribution in [2.45, 2.75) is 40.2 Å². The number of nitrogens with zero attached hydrogens (tertiary/aromatic N) is 2. The molecule has 3 rings (SSSR count). The van der Waals surface area contributed by atoms with Gasteiger partial charge in [0.25, 0.3) is 0 Å². The van der Waals surface area contributed by atoms with E-state index in [0.717, 1.165) is 23.2 Å². The minimum absolute atomic E-state index is 0.00572. The number of hydrogen-bond acceptors (Lipinski definition) is 2. The number of allylic oxidation sites excluding steroid dienone is 2. The second kappa shape index (κ2) is 7.25. The molecule has 1 aliphatic rings. The SMILES string of the molecule is CCN1c2cc(C)c(/C=C(\C#N)c3cccc(Cl)c3)cc2C(C)=CC1(C)C. The van der Waals surface area contributed by atoms with E-state index in [2.05, 4.69) is 63.8 Å². The number of halogens is 1. The summed E-state index contributed by atoms with van der Waals surface area (Å²) in [5.41, 5.74) is 7.44. The van der Waals surface area contributed by atoms with Gasteiger partial charge >= 0.3 is 0 Å². The van der Waals surface area contributed by atoms with E-state index in [0.29, 0.717) is 10.6 Å². The lowest BCUT2D eigenvalue weighted by Crippen LogP contribution is -2.44. The van der Waals surface area contributed by atoms with Crippen LogP contribution < -0.4 is 4.90 Å². The second-order valence-electron chi connectivity index (χ2n) is 7.63. The van der Waals surface area contributed by atoms with Crippen LogP contribution in [0.1, 0.15) is 49.9 Å². The van der Waals surface area contributed by atoms with Gasteiger partial charge in [0, 0.05) is 22.8 Å². The Bertz CT molecular complexity index is 990. The molecular weight excluding hydrogens is 352 g/mol. The fraction of sp³-hybridized carbons (Fsp3) is 0.292. The first-order valence-corrected chi connectivity index (χ1v) is 9.64. The van der Waals surface area contributed by atoms with Crippen molar-refractivity contribution in [1.29, 1.82) is 5.26 Å². The minimum Gasteiger partial charge on any atom is -0.363 e. The molecule has 27 heavy (non-hydrogen) atoms. The van der Waals surface area contributed by atoms with Crippen molar-refractivity contribution in [3.05, 3.63) is 69.8 Å². The molecule has 0 radical (unpaired) electrons. The number of aryl methyl sites for hydroxylation is 1. The summed E-state index contributed by atoms with van der Waals surface area (Å²) >= 11 is 6.10. The molecule has 1 aliphatic heterocycles. The van der Waals surface area contributed by atoms with Gasteiger partial charge in [-0.05, 0) is 87.2 Å². The van der Waals surface area contributed by atoms with Gasteiger partial charge in [-0.1, -0.05) is 29.8 Å². The Kier molecular flexibility index (Phi) is 5.18. The zero-order valence-corrected chi connectivity index (χ0v) is 17.4. The molecule has 138 valence electrons. The van der Waals surface area contributed by atoms with Gasteiger partial charge in [-0.3, -0.25) is 0 Å². The molecule has 3 heteroatoms. The predicted octanol–water partition coefficient (Wildman–Crippen LogP) is 6.73. The zero-order chi connectivity index (χ0) is 19.8. The van der Waals surface area contributed by atoms with Crippen LogP contribution in [-0.4, -0.2) is 12.1 Å². The van der Waals surface area contributed by atoms with Gasteiger partial charge in [0.2, 0.25) is 0 Å². The highest BCUT2D eigenvalue weighted by Crippen LogP contribution is 2.40. The van der Waals surface area contributed by atoms with Crippen LogP contribution in [0.25, 0.3) is 17.2 Å². The molecule has 2 nitrogen and oxygen atoms in total. The van der Waals surface area contributed by atoms with Crippen LogP contribution >= 0.6 is 11.6 Å². The maximum atomic E-state index is 9.68. The van der Waals surface area contributed by atoms with Crippen molar-refractivity contribution in [3.63, 3.8) is 0 Å². The van der Waals surface area contributed by atoms with Gasteiger partial charge < -0.3 is 4.90 Å². The Morgan fingerprint density at radius 3 is 2.59 bits per heavy atom. The largest absolute Gasteiger partial charge is 0.363 e. The summed E-state index contributed by atoms with van der Waals surface area (Å²) in [6.45, 7) is 11.9. The van der Waals surface area contributed by atoms with Crippen LogP contribution in [0.5, 0.6) is 0 Å². The first-order valence-electron chi connectivity index (χ1n) is 9.26. The van der Waals surface area contributed by atoms with E-state index >= 15 is 0 Å². The molecule has 0 aliphatic carbocycles. The van der Waals surface area contributed by atoms with Gasteiger partial charge in [-0.2, -0.15) is 5.26 Å². The fourth-order valence-corrected chi connectivity index (χ4v) is 4.16. The van der Waals surface area contributed by atoms with Crippen molar-refractivity contribution in [2.75, 3.05) is 11.4 Å². The average Bonchev–Trinajstić information content (AvgIpc) is 2.60. The third-order valence-electron chi connectivity index (χ3n) is 5.24. The van der Waals surface area contributed by atoms with Crippen LogP contribution in [0.15, 0.2) is 42.5 Å². The Morgan fingerprint density at radius 1 is 1.22 bits per heavy atom. The first-order chi connectivity index (χ1) is 12.8. The lowest BCUT2D eigenvalue weighted by atomic mass is 9.86. The van der Waals surface area contributed by atoms with E-state index in [1.54, 1.807) is 0 Å². The van der Waals surface area contributed by atoms with Gasteiger partial charge in [0.15, 0.2) is 0 Å². The Morgan fingerprint density at radius 2 is 1.96 bits per heavy atom. The summed E-state index contributed by atoms with van der Waals surface area (Å²) < 4.78 is 0. The normalized spacial score (nSPS) is 15.8.